The van der Waals surface area contributed by atoms with Crippen LogP contribution in [0.15, 0.2) is 48.1 Å². The van der Waals surface area contributed by atoms with Crippen molar-refractivity contribution in [2.45, 2.75) is 58.2 Å². The van der Waals surface area contributed by atoms with E-state index in [0.717, 1.165) is 29.4 Å². The Bertz CT molecular complexity index is 1340. The maximum absolute atomic E-state index is 13.9. The second-order valence-corrected chi connectivity index (χ2v) is 12.1. The number of nitrogens with zero attached hydrogens (tertiary/aromatic N) is 2. The minimum absolute atomic E-state index is 0.0125. The number of rotatable bonds is 2. The first kappa shape index (κ1) is 23.6. The summed E-state index contributed by atoms with van der Waals surface area (Å²) in [5.74, 6) is -0.118. The number of anilines is 1. The minimum Gasteiger partial charge on any atom is -0.393 e. The fraction of sp³-hybridized carbons (Fsp3) is 0.552. The smallest absolute Gasteiger partial charge is 0.259 e. The average molecular weight is 490 g/mol. The van der Waals surface area contributed by atoms with Crippen LogP contribution in [0.25, 0.3) is 11.0 Å². The molecule has 0 radical (unpaired) electrons. The number of hydrogen-bond donors (Lipinski definition) is 3. The lowest BCUT2D eigenvalue weighted by Gasteiger charge is -2.59. The van der Waals surface area contributed by atoms with Crippen molar-refractivity contribution in [2.75, 3.05) is 5.32 Å². The number of imidazole rings is 1. The lowest BCUT2D eigenvalue weighted by Crippen LogP contribution is -2.63. The van der Waals surface area contributed by atoms with Crippen LogP contribution in [-0.4, -0.2) is 43.2 Å². The second-order valence-electron chi connectivity index (χ2n) is 12.1. The van der Waals surface area contributed by atoms with Crippen LogP contribution in [0, 0.1) is 34.5 Å². The van der Waals surface area contributed by atoms with Gasteiger partial charge in [-0.05, 0) is 67.7 Å². The van der Waals surface area contributed by atoms with Gasteiger partial charge in [0, 0.05) is 23.8 Å². The fourth-order valence-electron chi connectivity index (χ4n) is 8.60. The number of benzene rings is 1. The lowest BCUT2D eigenvalue weighted by atomic mass is 9.46. The maximum Gasteiger partial charge on any atom is 0.259 e. The molecule has 3 N–H and O–H groups in total. The summed E-state index contributed by atoms with van der Waals surface area (Å²) >= 11 is 0. The largest absolute Gasteiger partial charge is 0.393 e. The molecule has 6 rings (SSSR count). The monoisotopic (exact) mass is 489 g/mol. The minimum atomic E-state index is -1.64. The Morgan fingerprint density at radius 2 is 2.00 bits per heavy atom. The van der Waals surface area contributed by atoms with Gasteiger partial charge in [0.15, 0.2) is 11.4 Å². The summed E-state index contributed by atoms with van der Waals surface area (Å²) in [5, 5.41) is 26.8. The summed E-state index contributed by atoms with van der Waals surface area (Å²) in [5.41, 5.74) is -0.0287. The predicted octanol–water partition coefficient (Wildman–Crippen LogP) is 3.77. The van der Waals surface area contributed by atoms with E-state index in [1.54, 1.807) is 12.2 Å². The molecule has 0 spiro atoms. The molecule has 1 aromatic heterocycles. The van der Waals surface area contributed by atoms with Crippen molar-refractivity contribution >= 4 is 28.7 Å². The van der Waals surface area contributed by atoms with Crippen LogP contribution in [0.1, 0.15) is 46.5 Å². The van der Waals surface area contributed by atoms with Gasteiger partial charge in [-0.15, -0.1) is 0 Å². The molecule has 7 nitrogen and oxygen atoms in total. The van der Waals surface area contributed by atoms with Gasteiger partial charge >= 0.3 is 0 Å². The van der Waals surface area contributed by atoms with E-state index in [9.17, 15) is 19.8 Å². The van der Waals surface area contributed by atoms with Gasteiger partial charge in [0.1, 0.15) is 0 Å². The number of fused-ring (bicyclic) bond motifs is 6. The first-order valence-electron chi connectivity index (χ1n) is 13.1. The Morgan fingerprint density at radius 3 is 2.75 bits per heavy atom. The van der Waals surface area contributed by atoms with Gasteiger partial charge in [0.05, 0.1) is 17.1 Å². The lowest BCUT2D eigenvalue weighted by molar-refractivity contribution is -0.179. The first-order chi connectivity index (χ1) is 17.0. The Labute approximate surface area is 211 Å². The number of hydrogen-bond acceptors (Lipinski definition) is 5. The van der Waals surface area contributed by atoms with E-state index in [-0.39, 0.29) is 34.9 Å². The van der Waals surface area contributed by atoms with E-state index in [1.165, 1.54) is 0 Å². The highest BCUT2D eigenvalue weighted by Crippen LogP contribution is 2.68. The molecule has 1 amide bonds. The number of amides is 1. The third-order valence-electron chi connectivity index (χ3n) is 10.4. The molecular weight excluding hydrogens is 454 g/mol. The van der Waals surface area contributed by atoms with Crippen molar-refractivity contribution in [2.24, 2.45) is 41.5 Å². The molecule has 2 aromatic rings. The number of aliphatic hydroxyl groups is 2. The molecule has 3 saturated carbocycles. The molecule has 1 aromatic carbocycles. The summed E-state index contributed by atoms with van der Waals surface area (Å²) in [6.07, 6.45) is 7.36. The van der Waals surface area contributed by atoms with Crippen molar-refractivity contribution in [1.29, 1.82) is 0 Å². The molecule has 36 heavy (non-hydrogen) atoms. The first-order valence-corrected chi connectivity index (χ1v) is 13.1. The van der Waals surface area contributed by atoms with Crippen LogP contribution in [0.4, 0.5) is 5.95 Å². The zero-order chi connectivity index (χ0) is 25.6. The van der Waals surface area contributed by atoms with Gasteiger partial charge in [-0.25, -0.2) is 4.98 Å². The van der Waals surface area contributed by atoms with Crippen LogP contribution in [0.2, 0.25) is 0 Å². The molecule has 5 unspecified atom stereocenters. The van der Waals surface area contributed by atoms with Crippen LogP contribution in [-0.2, 0) is 16.6 Å². The topological polar surface area (TPSA) is 104 Å². The van der Waals surface area contributed by atoms with Crippen LogP contribution >= 0.6 is 0 Å². The number of nitrogens with one attached hydrogen (secondary N) is 1. The highest BCUT2D eigenvalue weighted by molar-refractivity contribution is 6.01. The molecule has 0 aliphatic heterocycles. The zero-order valence-corrected chi connectivity index (χ0v) is 21.4. The Kier molecular flexibility index (Phi) is 5.00. The zero-order valence-electron chi connectivity index (χ0n) is 21.4. The van der Waals surface area contributed by atoms with Crippen molar-refractivity contribution < 1.29 is 19.8 Å². The molecule has 0 bridgehead atoms. The van der Waals surface area contributed by atoms with Gasteiger partial charge in [-0.1, -0.05) is 44.6 Å². The van der Waals surface area contributed by atoms with Crippen molar-refractivity contribution in [3.63, 3.8) is 0 Å². The van der Waals surface area contributed by atoms with E-state index in [4.69, 9.17) is 0 Å². The van der Waals surface area contributed by atoms with Crippen LogP contribution < -0.4 is 5.32 Å². The Balaban J connectivity index is 1.35. The number of carbonyl (C=O) groups excluding carboxylic acids is 2. The Hall–Kier alpha value is -2.77. The van der Waals surface area contributed by atoms with Crippen molar-refractivity contribution in [3.05, 3.63) is 48.1 Å². The second kappa shape index (κ2) is 7.62. The number of ketones is 1. The number of aliphatic hydroxyl groups excluding tert-OH is 1. The number of aromatic nitrogens is 2. The van der Waals surface area contributed by atoms with Crippen molar-refractivity contribution in [1.82, 2.24) is 9.55 Å². The predicted molar refractivity (Wildman–Crippen MR) is 137 cm³/mol. The van der Waals surface area contributed by atoms with Gasteiger partial charge < -0.3 is 14.8 Å². The molecule has 3 fully saturated rings. The highest BCUT2D eigenvalue weighted by Gasteiger charge is 2.70. The fourth-order valence-corrected chi connectivity index (χ4v) is 8.60. The summed E-state index contributed by atoms with van der Waals surface area (Å²) < 4.78 is 1.83. The highest BCUT2D eigenvalue weighted by atomic mass is 16.3. The van der Waals surface area contributed by atoms with Gasteiger partial charge in [-0.2, -0.15) is 0 Å². The summed E-state index contributed by atoms with van der Waals surface area (Å²) in [6, 6.07) is 7.67. The van der Waals surface area contributed by atoms with E-state index in [1.807, 2.05) is 55.8 Å². The molecule has 0 saturated heterocycles. The molecule has 190 valence electrons. The maximum atomic E-state index is 13.9. The van der Waals surface area contributed by atoms with Gasteiger partial charge in [0.25, 0.3) is 5.91 Å². The Morgan fingerprint density at radius 1 is 1.25 bits per heavy atom. The van der Waals surface area contributed by atoms with E-state index in [2.05, 4.69) is 17.2 Å². The standard InChI is InChI=1S/C29H35N3O4/c1-16-13-20-19-10-9-17-14-18(33)11-12-27(17,2)24(19)23(34)15-28(20,3)29(16,36)25(35)31-26-30-21-7-5-6-8-22(21)32(26)4/h5-8,11-12,14,16,19-20,23-24,34,36H,9-10,13,15H2,1-4H3,(H,30,31,35)/t16-,19?,20?,23+,24?,27?,28?,29+/m1/s1. The van der Waals surface area contributed by atoms with Gasteiger partial charge in [0.2, 0.25) is 5.95 Å². The molecule has 8 atom stereocenters. The molecule has 1 heterocycles. The van der Waals surface area contributed by atoms with Crippen LogP contribution in [0.5, 0.6) is 0 Å². The third kappa shape index (κ3) is 2.90. The number of aryl methyl sites for hydroxylation is 1. The summed E-state index contributed by atoms with van der Waals surface area (Å²) in [6.45, 7) is 6.07. The quantitative estimate of drug-likeness (QED) is 0.596. The van der Waals surface area contributed by atoms with E-state index in [0.29, 0.717) is 18.8 Å². The average Bonchev–Trinajstić information content (AvgIpc) is 3.25. The normalized spacial score (nSPS) is 41.4. The molecule has 4 aliphatic carbocycles. The summed E-state index contributed by atoms with van der Waals surface area (Å²) in [7, 11) is 1.85. The molecule has 7 heteroatoms. The van der Waals surface area contributed by atoms with E-state index >= 15 is 0 Å². The number of allylic oxidation sites excluding steroid dienone is 4. The molecule has 4 aliphatic rings. The third-order valence-corrected chi connectivity index (χ3v) is 10.4. The van der Waals surface area contributed by atoms with Crippen LogP contribution in [0.3, 0.4) is 0 Å². The van der Waals surface area contributed by atoms with Gasteiger partial charge in [-0.3, -0.25) is 14.9 Å². The number of carbonyl (C=O) groups is 2. The van der Waals surface area contributed by atoms with E-state index < -0.39 is 23.0 Å². The number of para-hydroxylation sites is 2. The van der Waals surface area contributed by atoms with Crippen molar-refractivity contribution in [3.8, 4) is 0 Å². The molecular formula is C29H35N3O4. The summed E-state index contributed by atoms with van der Waals surface area (Å²) in [4.78, 5) is 30.5. The SMILES string of the molecule is C[C@@H]1CC2C3CCC4=CC(=O)C=CC4(C)C3[C@@H](O)CC2(C)[C@@]1(O)C(=O)Nc1nc2ccccc2n1C.